The fraction of sp³-hybridized carbons (Fsp3) is 0.650. The number of methoxy groups -OCH3 is 1. The Balaban J connectivity index is 1.91. The van der Waals surface area contributed by atoms with Crippen LogP contribution in [0.3, 0.4) is 0 Å². The van der Waals surface area contributed by atoms with Crippen molar-refractivity contribution in [2.45, 2.75) is 45.7 Å². The number of hydrogen-bond donors (Lipinski definition) is 2. The molecular weight excluding hydrogens is 312 g/mol. The van der Waals surface area contributed by atoms with E-state index in [2.05, 4.69) is 53.6 Å². The van der Waals surface area contributed by atoms with Gasteiger partial charge in [0, 0.05) is 32.8 Å². The first kappa shape index (κ1) is 19.7. The zero-order valence-electron chi connectivity index (χ0n) is 16.1. The first-order chi connectivity index (χ1) is 12.3. The Labute approximate surface area is 152 Å². The Morgan fingerprint density at radius 1 is 1.24 bits per heavy atom. The van der Waals surface area contributed by atoms with Crippen LogP contribution in [-0.4, -0.2) is 56.8 Å². The summed E-state index contributed by atoms with van der Waals surface area (Å²) in [7, 11) is 1.77. The Morgan fingerprint density at radius 2 is 2.04 bits per heavy atom. The number of nitrogens with one attached hydrogen (secondary N) is 2. The van der Waals surface area contributed by atoms with Crippen molar-refractivity contribution in [3.63, 3.8) is 0 Å². The highest BCUT2D eigenvalue weighted by Gasteiger charge is 2.23. The highest BCUT2D eigenvalue weighted by molar-refractivity contribution is 5.79. The molecule has 2 N–H and O–H groups in total. The molecule has 1 heterocycles. The van der Waals surface area contributed by atoms with Crippen molar-refractivity contribution < 1.29 is 4.74 Å². The quantitative estimate of drug-likeness (QED) is 0.533. The third-order valence-electron chi connectivity index (χ3n) is 4.84. The van der Waals surface area contributed by atoms with E-state index >= 15 is 0 Å². The summed E-state index contributed by atoms with van der Waals surface area (Å²) < 4.78 is 5.23. The van der Waals surface area contributed by atoms with Gasteiger partial charge in [-0.15, -0.1) is 0 Å². The molecule has 1 aliphatic rings. The summed E-state index contributed by atoms with van der Waals surface area (Å²) in [5, 5.41) is 6.90. The Hall–Kier alpha value is -1.59. The van der Waals surface area contributed by atoms with E-state index in [-0.39, 0.29) is 0 Å². The van der Waals surface area contributed by atoms with Crippen molar-refractivity contribution in [2.75, 3.05) is 39.9 Å². The van der Waals surface area contributed by atoms with Gasteiger partial charge in [-0.25, -0.2) is 4.99 Å². The molecule has 0 spiro atoms. The first-order valence-corrected chi connectivity index (χ1v) is 9.60. The lowest BCUT2D eigenvalue weighted by Gasteiger charge is -2.25. The number of hydrogen-bond acceptors (Lipinski definition) is 3. The molecule has 1 atom stereocenters. The van der Waals surface area contributed by atoms with E-state index in [1.165, 1.54) is 30.5 Å². The fourth-order valence-corrected chi connectivity index (χ4v) is 3.41. The normalized spacial score (nSPS) is 18.5. The van der Waals surface area contributed by atoms with E-state index in [4.69, 9.17) is 9.73 Å². The molecular formula is C20H34N4O. The van der Waals surface area contributed by atoms with Crippen LogP contribution in [0, 0.1) is 0 Å². The van der Waals surface area contributed by atoms with Gasteiger partial charge in [0.2, 0.25) is 0 Å². The molecule has 1 saturated heterocycles. The number of rotatable bonds is 9. The number of likely N-dealkylation sites (tertiary alicyclic amines) is 1. The van der Waals surface area contributed by atoms with Crippen LogP contribution >= 0.6 is 0 Å². The van der Waals surface area contributed by atoms with Crippen LogP contribution in [0.4, 0.5) is 0 Å². The summed E-state index contributed by atoms with van der Waals surface area (Å²) in [5.74, 6) is 0.909. The molecule has 5 nitrogen and oxygen atoms in total. The number of guanidine groups is 1. The summed E-state index contributed by atoms with van der Waals surface area (Å²) in [4.78, 5) is 7.31. The van der Waals surface area contributed by atoms with Gasteiger partial charge >= 0.3 is 0 Å². The number of benzene rings is 1. The van der Waals surface area contributed by atoms with E-state index in [0.29, 0.717) is 6.04 Å². The second-order valence-corrected chi connectivity index (χ2v) is 6.52. The first-order valence-electron chi connectivity index (χ1n) is 9.60. The minimum atomic E-state index is 0.571. The van der Waals surface area contributed by atoms with E-state index in [0.717, 1.165) is 45.2 Å². The number of ether oxygens (including phenoxy) is 1. The highest BCUT2D eigenvalue weighted by atomic mass is 16.5. The van der Waals surface area contributed by atoms with Crippen molar-refractivity contribution in [3.05, 3.63) is 35.4 Å². The lowest BCUT2D eigenvalue weighted by molar-refractivity contribution is 0.141. The van der Waals surface area contributed by atoms with Crippen LogP contribution in [0.15, 0.2) is 29.3 Å². The van der Waals surface area contributed by atoms with Crippen LogP contribution in [-0.2, 0) is 17.7 Å². The molecule has 1 aliphatic heterocycles. The largest absolute Gasteiger partial charge is 0.383 e. The standard InChI is InChI=1S/C20H34N4O/c1-4-17-9-6-7-10-18(17)15-22-20(21-5-2)23-16-19-11-8-12-24(19)13-14-25-3/h6-7,9-10,19H,4-5,8,11-16H2,1-3H3,(H2,21,22,23). The molecule has 5 heteroatoms. The topological polar surface area (TPSA) is 48.9 Å². The maximum absolute atomic E-state index is 5.23. The average Bonchev–Trinajstić information content (AvgIpc) is 3.09. The second kappa shape index (κ2) is 11.1. The fourth-order valence-electron chi connectivity index (χ4n) is 3.41. The molecule has 1 aromatic rings. The van der Waals surface area contributed by atoms with Crippen LogP contribution in [0.2, 0.25) is 0 Å². The van der Waals surface area contributed by atoms with Crippen LogP contribution < -0.4 is 10.6 Å². The summed E-state index contributed by atoms with van der Waals surface area (Å²) in [6.07, 6.45) is 3.56. The van der Waals surface area contributed by atoms with E-state index in [9.17, 15) is 0 Å². The van der Waals surface area contributed by atoms with E-state index in [1.54, 1.807) is 7.11 Å². The average molecular weight is 347 g/mol. The van der Waals surface area contributed by atoms with Crippen LogP contribution in [0.5, 0.6) is 0 Å². The molecule has 0 radical (unpaired) electrons. The predicted octanol–water partition coefficient (Wildman–Crippen LogP) is 2.41. The van der Waals surface area contributed by atoms with Gasteiger partial charge in [-0.2, -0.15) is 0 Å². The number of aliphatic imine (C=N–C) groups is 1. The molecule has 0 amide bonds. The monoisotopic (exact) mass is 346 g/mol. The number of nitrogens with zero attached hydrogens (tertiary/aromatic N) is 2. The molecule has 25 heavy (non-hydrogen) atoms. The maximum atomic E-state index is 5.23. The molecule has 1 aromatic carbocycles. The van der Waals surface area contributed by atoms with E-state index in [1.807, 2.05) is 0 Å². The third-order valence-corrected chi connectivity index (χ3v) is 4.84. The smallest absolute Gasteiger partial charge is 0.191 e. The zero-order valence-corrected chi connectivity index (χ0v) is 16.1. The van der Waals surface area contributed by atoms with Crippen molar-refractivity contribution in [1.29, 1.82) is 0 Å². The molecule has 0 saturated carbocycles. The predicted molar refractivity (Wildman–Crippen MR) is 105 cm³/mol. The maximum Gasteiger partial charge on any atom is 0.191 e. The van der Waals surface area contributed by atoms with Gasteiger partial charge < -0.3 is 15.4 Å². The second-order valence-electron chi connectivity index (χ2n) is 6.52. The van der Waals surface area contributed by atoms with Crippen molar-refractivity contribution in [1.82, 2.24) is 15.5 Å². The van der Waals surface area contributed by atoms with Gasteiger partial charge in [0.05, 0.1) is 13.2 Å². The van der Waals surface area contributed by atoms with Gasteiger partial charge in [0.25, 0.3) is 0 Å². The van der Waals surface area contributed by atoms with Gasteiger partial charge in [-0.1, -0.05) is 31.2 Å². The van der Waals surface area contributed by atoms with Crippen molar-refractivity contribution in [3.8, 4) is 0 Å². The minimum absolute atomic E-state index is 0.571. The summed E-state index contributed by atoms with van der Waals surface area (Å²) in [5.41, 5.74) is 2.69. The lowest BCUT2D eigenvalue weighted by atomic mass is 10.1. The summed E-state index contributed by atoms with van der Waals surface area (Å²) in [6, 6.07) is 9.13. The van der Waals surface area contributed by atoms with Crippen LogP contribution in [0.25, 0.3) is 0 Å². The van der Waals surface area contributed by atoms with Gasteiger partial charge in [-0.05, 0) is 43.9 Å². The van der Waals surface area contributed by atoms with Gasteiger partial charge in [0.1, 0.15) is 0 Å². The Bertz CT molecular complexity index is 532. The van der Waals surface area contributed by atoms with E-state index < -0.39 is 0 Å². The van der Waals surface area contributed by atoms with Crippen LogP contribution in [0.1, 0.15) is 37.8 Å². The van der Waals surface area contributed by atoms with Crippen molar-refractivity contribution >= 4 is 5.96 Å². The molecule has 0 bridgehead atoms. The summed E-state index contributed by atoms with van der Waals surface area (Å²) >= 11 is 0. The summed E-state index contributed by atoms with van der Waals surface area (Å²) in [6.45, 7) is 9.83. The number of aryl methyl sites for hydroxylation is 1. The van der Waals surface area contributed by atoms with Gasteiger partial charge in [0.15, 0.2) is 5.96 Å². The third kappa shape index (κ3) is 6.33. The Morgan fingerprint density at radius 3 is 2.76 bits per heavy atom. The molecule has 1 unspecified atom stereocenters. The molecule has 140 valence electrons. The molecule has 2 rings (SSSR count). The minimum Gasteiger partial charge on any atom is -0.383 e. The molecule has 0 aromatic heterocycles. The SMILES string of the molecule is CCNC(=NCc1ccccc1CC)NCC1CCCN1CCOC. The van der Waals surface area contributed by atoms with Gasteiger partial charge in [-0.3, -0.25) is 4.90 Å². The van der Waals surface area contributed by atoms with Crippen molar-refractivity contribution in [2.24, 2.45) is 4.99 Å². The molecule has 1 fully saturated rings. The molecule has 0 aliphatic carbocycles. The Kier molecular flexibility index (Phi) is 8.77. The lowest BCUT2D eigenvalue weighted by Crippen LogP contribution is -2.45. The highest BCUT2D eigenvalue weighted by Crippen LogP contribution is 2.16. The zero-order chi connectivity index (χ0) is 17.9.